The standard InChI is InChI=1S/C13H16ClNO2/c1-9-3-4-10(7-12(9)17-2)13(16)15-6-5-11(14)8-15/h3-4,7,11H,5-6,8H2,1-2H3. The van der Waals surface area contributed by atoms with Gasteiger partial charge in [-0.25, -0.2) is 0 Å². The molecule has 92 valence electrons. The van der Waals surface area contributed by atoms with Crippen LogP contribution in [-0.4, -0.2) is 36.4 Å². The smallest absolute Gasteiger partial charge is 0.254 e. The van der Waals surface area contributed by atoms with E-state index in [0.29, 0.717) is 12.1 Å². The predicted molar refractivity (Wildman–Crippen MR) is 67.9 cm³/mol. The number of carbonyl (C=O) groups is 1. The van der Waals surface area contributed by atoms with Gasteiger partial charge in [-0.2, -0.15) is 0 Å². The summed E-state index contributed by atoms with van der Waals surface area (Å²) in [4.78, 5) is 14.0. The van der Waals surface area contributed by atoms with E-state index in [4.69, 9.17) is 16.3 Å². The summed E-state index contributed by atoms with van der Waals surface area (Å²) >= 11 is 6.00. The highest BCUT2D eigenvalue weighted by atomic mass is 35.5. The highest BCUT2D eigenvalue weighted by molar-refractivity contribution is 6.21. The van der Waals surface area contributed by atoms with E-state index in [2.05, 4.69) is 0 Å². The predicted octanol–water partition coefficient (Wildman–Crippen LogP) is 2.46. The molecule has 1 fully saturated rings. The number of carbonyl (C=O) groups excluding carboxylic acids is 1. The molecule has 0 radical (unpaired) electrons. The molecule has 3 nitrogen and oxygen atoms in total. The molecule has 0 spiro atoms. The molecule has 2 rings (SSSR count). The fourth-order valence-electron chi connectivity index (χ4n) is 2.04. The first-order valence-electron chi connectivity index (χ1n) is 5.70. The maximum Gasteiger partial charge on any atom is 0.254 e. The Hall–Kier alpha value is -1.22. The summed E-state index contributed by atoms with van der Waals surface area (Å²) < 4.78 is 5.22. The molecule has 4 heteroatoms. The van der Waals surface area contributed by atoms with Gasteiger partial charge in [-0.15, -0.1) is 11.6 Å². The van der Waals surface area contributed by atoms with E-state index < -0.39 is 0 Å². The normalized spacial score (nSPS) is 19.5. The van der Waals surface area contributed by atoms with Crippen molar-refractivity contribution in [3.05, 3.63) is 29.3 Å². The van der Waals surface area contributed by atoms with E-state index in [1.54, 1.807) is 18.1 Å². The minimum Gasteiger partial charge on any atom is -0.496 e. The van der Waals surface area contributed by atoms with Crippen LogP contribution in [0.2, 0.25) is 0 Å². The van der Waals surface area contributed by atoms with Crippen LogP contribution < -0.4 is 4.74 Å². The Morgan fingerprint density at radius 1 is 1.53 bits per heavy atom. The van der Waals surface area contributed by atoms with E-state index in [9.17, 15) is 4.79 Å². The fraction of sp³-hybridized carbons (Fsp3) is 0.462. The molecule has 1 aliphatic heterocycles. The summed E-state index contributed by atoms with van der Waals surface area (Å²) in [6.45, 7) is 3.33. The van der Waals surface area contributed by atoms with Gasteiger partial charge in [-0.1, -0.05) is 6.07 Å². The van der Waals surface area contributed by atoms with Crippen LogP contribution in [-0.2, 0) is 0 Å². The second-order valence-electron chi connectivity index (χ2n) is 4.32. The first-order valence-corrected chi connectivity index (χ1v) is 6.13. The summed E-state index contributed by atoms with van der Waals surface area (Å²) in [6, 6.07) is 5.53. The van der Waals surface area contributed by atoms with Crippen LogP contribution in [0.3, 0.4) is 0 Å². The molecule has 0 saturated carbocycles. The topological polar surface area (TPSA) is 29.5 Å². The molecule has 1 unspecified atom stereocenters. The SMILES string of the molecule is COc1cc(C(=O)N2CCC(Cl)C2)ccc1C. The average Bonchev–Trinajstić information content (AvgIpc) is 2.75. The molecule has 0 aliphatic carbocycles. The zero-order valence-electron chi connectivity index (χ0n) is 10.1. The second-order valence-corrected chi connectivity index (χ2v) is 4.94. The van der Waals surface area contributed by atoms with Crippen LogP contribution in [0.1, 0.15) is 22.3 Å². The number of amides is 1. The van der Waals surface area contributed by atoms with Crippen LogP contribution in [0.25, 0.3) is 0 Å². The van der Waals surface area contributed by atoms with Crippen molar-refractivity contribution < 1.29 is 9.53 Å². The quantitative estimate of drug-likeness (QED) is 0.758. The molecule has 1 aliphatic rings. The molecule has 0 N–H and O–H groups in total. The Balaban J connectivity index is 2.19. The first-order chi connectivity index (χ1) is 8.11. The lowest BCUT2D eigenvalue weighted by Crippen LogP contribution is -2.28. The van der Waals surface area contributed by atoms with Gasteiger partial charge in [0.05, 0.1) is 12.5 Å². The van der Waals surface area contributed by atoms with Crippen LogP contribution in [0.15, 0.2) is 18.2 Å². The van der Waals surface area contributed by atoms with Crippen molar-refractivity contribution in [1.29, 1.82) is 0 Å². The van der Waals surface area contributed by atoms with Gasteiger partial charge in [0.15, 0.2) is 0 Å². The highest BCUT2D eigenvalue weighted by Gasteiger charge is 2.25. The number of nitrogens with zero attached hydrogens (tertiary/aromatic N) is 1. The van der Waals surface area contributed by atoms with E-state index >= 15 is 0 Å². The number of alkyl halides is 1. The number of aryl methyl sites for hydroxylation is 1. The van der Waals surface area contributed by atoms with Crippen LogP contribution in [0, 0.1) is 6.92 Å². The lowest BCUT2D eigenvalue weighted by molar-refractivity contribution is 0.0792. The Labute approximate surface area is 106 Å². The molecular formula is C13H16ClNO2. The molecule has 1 heterocycles. The maximum atomic E-state index is 12.2. The van der Waals surface area contributed by atoms with E-state index in [0.717, 1.165) is 24.3 Å². The van der Waals surface area contributed by atoms with E-state index in [-0.39, 0.29) is 11.3 Å². The molecule has 17 heavy (non-hydrogen) atoms. The highest BCUT2D eigenvalue weighted by Crippen LogP contribution is 2.22. The van der Waals surface area contributed by atoms with Gasteiger partial charge >= 0.3 is 0 Å². The Kier molecular flexibility index (Phi) is 3.57. The number of ether oxygens (including phenoxy) is 1. The number of methoxy groups -OCH3 is 1. The lowest BCUT2D eigenvalue weighted by atomic mass is 10.1. The third kappa shape index (κ3) is 2.55. The Morgan fingerprint density at radius 3 is 2.88 bits per heavy atom. The molecule has 1 aromatic carbocycles. The van der Waals surface area contributed by atoms with E-state index in [1.165, 1.54) is 0 Å². The minimum absolute atomic E-state index is 0.0338. The molecule has 0 bridgehead atoms. The third-order valence-corrected chi connectivity index (χ3v) is 3.43. The first kappa shape index (κ1) is 12.2. The van der Waals surface area contributed by atoms with Crippen molar-refractivity contribution in [1.82, 2.24) is 4.90 Å². The van der Waals surface area contributed by atoms with Gasteiger partial charge in [0.25, 0.3) is 5.91 Å². The third-order valence-electron chi connectivity index (χ3n) is 3.07. The lowest BCUT2D eigenvalue weighted by Gasteiger charge is -2.16. The van der Waals surface area contributed by atoms with Crippen LogP contribution in [0.4, 0.5) is 0 Å². The average molecular weight is 254 g/mol. The zero-order chi connectivity index (χ0) is 12.4. The number of hydrogen-bond acceptors (Lipinski definition) is 2. The van der Waals surface area contributed by atoms with Gasteiger partial charge in [0, 0.05) is 18.7 Å². The van der Waals surface area contributed by atoms with Gasteiger partial charge < -0.3 is 9.64 Å². The molecule has 1 saturated heterocycles. The Bertz CT molecular complexity index is 433. The summed E-state index contributed by atoms with van der Waals surface area (Å²) in [7, 11) is 1.61. The van der Waals surface area contributed by atoms with Gasteiger partial charge in [-0.05, 0) is 31.0 Å². The largest absolute Gasteiger partial charge is 0.496 e. The molecule has 1 aromatic rings. The van der Waals surface area contributed by atoms with Gasteiger partial charge in [0.2, 0.25) is 0 Å². The monoisotopic (exact) mass is 253 g/mol. The number of benzene rings is 1. The summed E-state index contributed by atoms with van der Waals surface area (Å²) in [6.07, 6.45) is 0.871. The van der Waals surface area contributed by atoms with Crippen molar-refractivity contribution in [2.45, 2.75) is 18.7 Å². The Morgan fingerprint density at radius 2 is 2.29 bits per heavy atom. The maximum absolute atomic E-state index is 12.2. The van der Waals surface area contributed by atoms with Crippen molar-refractivity contribution in [3.63, 3.8) is 0 Å². The molecule has 0 aromatic heterocycles. The second kappa shape index (κ2) is 4.96. The van der Waals surface area contributed by atoms with Crippen LogP contribution in [0.5, 0.6) is 5.75 Å². The number of rotatable bonds is 2. The van der Waals surface area contributed by atoms with Gasteiger partial charge in [0.1, 0.15) is 5.75 Å². The number of halogens is 1. The fourth-order valence-corrected chi connectivity index (χ4v) is 2.30. The van der Waals surface area contributed by atoms with Crippen molar-refractivity contribution in [3.8, 4) is 5.75 Å². The number of likely N-dealkylation sites (tertiary alicyclic amines) is 1. The molecular weight excluding hydrogens is 238 g/mol. The van der Waals surface area contributed by atoms with Crippen molar-refractivity contribution in [2.75, 3.05) is 20.2 Å². The van der Waals surface area contributed by atoms with E-state index in [1.807, 2.05) is 19.1 Å². The van der Waals surface area contributed by atoms with Crippen LogP contribution >= 0.6 is 11.6 Å². The summed E-state index contributed by atoms with van der Waals surface area (Å²) in [5.41, 5.74) is 1.69. The summed E-state index contributed by atoms with van der Waals surface area (Å²) in [5, 5.41) is 0.0892. The molecule has 1 atom stereocenters. The number of hydrogen-bond donors (Lipinski definition) is 0. The van der Waals surface area contributed by atoms with Crippen molar-refractivity contribution in [2.24, 2.45) is 0 Å². The summed E-state index contributed by atoms with van der Waals surface area (Å²) in [5.74, 6) is 0.781. The van der Waals surface area contributed by atoms with Gasteiger partial charge in [-0.3, -0.25) is 4.79 Å². The minimum atomic E-state index is 0.0338. The van der Waals surface area contributed by atoms with Crippen molar-refractivity contribution >= 4 is 17.5 Å². The zero-order valence-corrected chi connectivity index (χ0v) is 10.8. The molecule has 1 amide bonds.